The van der Waals surface area contributed by atoms with Crippen LogP contribution in [0.1, 0.15) is 50.1 Å². The number of benzene rings is 2. The second kappa shape index (κ2) is 9.72. The lowest BCUT2D eigenvalue weighted by atomic mass is 9.90. The van der Waals surface area contributed by atoms with Gasteiger partial charge in [-0.05, 0) is 43.9 Å². The van der Waals surface area contributed by atoms with Gasteiger partial charge in [0.05, 0.1) is 22.8 Å². The van der Waals surface area contributed by atoms with Crippen LogP contribution in [0.25, 0.3) is 16.9 Å². The van der Waals surface area contributed by atoms with Crippen molar-refractivity contribution >= 4 is 24.1 Å². The van der Waals surface area contributed by atoms with Gasteiger partial charge in [0.1, 0.15) is 11.6 Å². The third kappa shape index (κ3) is 4.65. The quantitative estimate of drug-likeness (QED) is 0.456. The molecule has 1 aliphatic rings. The summed E-state index contributed by atoms with van der Waals surface area (Å²) in [6.45, 7) is 8.80. The van der Waals surface area contributed by atoms with Crippen molar-refractivity contribution in [3.05, 3.63) is 64.4 Å². The van der Waals surface area contributed by atoms with Crippen LogP contribution in [0.2, 0.25) is 0 Å². The molecule has 2 heterocycles. The van der Waals surface area contributed by atoms with E-state index in [0.29, 0.717) is 18.7 Å². The Bertz CT molecular complexity index is 1220. The number of halogens is 3. The van der Waals surface area contributed by atoms with Gasteiger partial charge in [0, 0.05) is 35.7 Å². The van der Waals surface area contributed by atoms with E-state index >= 15 is 4.39 Å². The molecule has 2 aromatic carbocycles. The number of carbonyl (C=O) groups is 1. The third-order valence-corrected chi connectivity index (χ3v) is 6.17. The minimum atomic E-state index is -0.959. The Hall–Kier alpha value is -2.97. The number of nitrogens with one attached hydrogen (secondary N) is 2. The van der Waals surface area contributed by atoms with E-state index in [2.05, 4.69) is 38.3 Å². The molecule has 34 heavy (non-hydrogen) atoms. The lowest BCUT2D eigenvalue weighted by Crippen LogP contribution is -2.44. The first-order valence-electron chi connectivity index (χ1n) is 11.2. The molecule has 9 heteroatoms. The maximum Gasteiger partial charge on any atom is 0.316 e. The summed E-state index contributed by atoms with van der Waals surface area (Å²) in [5.41, 5.74) is 10.0. The summed E-state index contributed by atoms with van der Waals surface area (Å²) in [5, 5.41) is 10.6. The molecule has 3 aromatic rings. The van der Waals surface area contributed by atoms with Gasteiger partial charge in [0.25, 0.3) is 0 Å². The molecule has 0 bridgehead atoms. The van der Waals surface area contributed by atoms with Gasteiger partial charge in [-0.2, -0.15) is 5.10 Å². The largest absolute Gasteiger partial charge is 0.351 e. The summed E-state index contributed by atoms with van der Waals surface area (Å²) in [6, 6.07) is 7.20. The summed E-state index contributed by atoms with van der Waals surface area (Å²) in [7, 11) is 0. The Morgan fingerprint density at radius 3 is 2.41 bits per heavy atom. The van der Waals surface area contributed by atoms with E-state index in [9.17, 15) is 9.18 Å². The second-order valence-electron chi connectivity index (χ2n) is 9.03. The minimum absolute atomic E-state index is 0. The van der Waals surface area contributed by atoms with Crippen LogP contribution in [0, 0.1) is 11.6 Å². The summed E-state index contributed by atoms with van der Waals surface area (Å²) >= 11 is 0. The molecular formula is C25H30ClF2N5O. The number of rotatable bonds is 5. The molecule has 4 N–H and O–H groups in total. The second-order valence-corrected chi connectivity index (χ2v) is 9.03. The first-order valence-corrected chi connectivity index (χ1v) is 11.2. The number of amides is 2. The minimum Gasteiger partial charge on any atom is -0.351 e. The molecule has 4 rings (SSSR count). The molecule has 1 aliphatic heterocycles. The first kappa shape index (κ1) is 25.6. The number of hydrogen-bond acceptors (Lipinski definition) is 3. The van der Waals surface area contributed by atoms with E-state index in [0.717, 1.165) is 53.0 Å². The number of para-hydroxylation sites is 1. The van der Waals surface area contributed by atoms with E-state index in [-0.39, 0.29) is 29.2 Å². The predicted octanol–water partition coefficient (Wildman–Crippen LogP) is 5.28. The lowest BCUT2D eigenvalue weighted by molar-refractivity contribution is 0.259. The fourth-order valence-corrected chi connectivity index (χ4v) is 4.51. The molecule has 182 valence electrons. The molecule has 0 radical (unpaired) electrons. The van der Waals surface area contributed by atoms with Crippen molar-refractivity contribution in [2.75, 3.05) is 5.32 Å². The van der Waals surface area contributed by atoms with Crippen LogP contribution in [0.3, 0.4) is 0 Å². The number of nitrogens with two attached hydrogens (primary N) is 1. The van der Waals surface area contributed by atoms with Gasteiger partial charge in [0.2, 0.25) is 0 Å². The molecule has 0 spiro atoms. The zero-order valence-electron chi connectivity index (χ0n) is 19.8. The molecule has 0 saturated carbocycles. The SMILES string of the molecule is CCc1cccc(CC)c1-n1nc2c(c1-c1cc(F)c(NC(N)=O)cc1F)CNC(C)(C)C2.Cl. The molecule has 6 nitrogen and oxygen atoms in total. The van der Waals surface area contributed by atoms with Gasteiger partial charge >= 0.3 is 6.03 Å². The van der Waals surface area contributed by atoms with Crippen molar-refractivity contribution in [2.24, 2.45) is 5.73 Å². The average molecular weight is 490 g/mol. The highest BCUT2D eigenvalue weighted by Gasteiger charge is 2.33. The Kier molecular flexibility index (Phi) is 7.33. The van der Waals surface area contributed by atoms with Crippen molar-refractivity contribution in [2.45, 2.75) is 59.0 Å². The van der Waals surface area contributed by atoms with Gasteiger partial charge in [-0.3, -0.25) is 0 Å². The molecule has 1 aromatic heterocycles. The number of primary amides is 1. The number of anilines is 1. The van der Waals surface area contributed by atoms with Crippen LogP contribution >= 0.6 is 12.4 Å². The Labute approximate surface area is 204 Å². The number of fused-ring (bicyclic) bond motifs is 1. The van der Waals surface area contributed by atoms with Gasteiger partial charge in [0.15, 0.2) is 0 Å². The normalized spacial score (nSPS) is 14.3. The zero-order chi connectivity index (χ0) is 23.9. The van der Waals surface area contributed by atoms with E-state index in [1.165, 1.54) is 0 Å². The highest BCUT2D eigenvalue weighted by atomic mass is 35.5. The topological polar surface area (TPSA) is 85.0 Å². The molecule has 0 unspecified atom stereocenters. The first-order chi connectivity index (χ1) is 15.6. The molecule has 0 atom stereocenters. The monoisotopic (exact) mass is 489 g/mol. The molecular weight excluding hydrogens is 460 g/mol. The Morgan fingerprint density at radius 1 is 1.18 bits per heavy atom. The highest BCUT2D eigenvalue weighted by molar-refractivity contribution is 5.88. The fraction of sp³-hybridized carbons (Fsp3) is 0.360. The smallest absolute Gasteiger partial charge is 0.316 e. The van der Waals surface area contributed by atoms with Crippen LogP contribution in [-0.4, -0.2) is 21.4 Å². The van der Waals surface area contributed by atoms with E-state index in [1.54, 1.807) is 4.68 Å². The summed E-state index contributed by atoms with van der Waals surface area (Å²) in [4.78, 5) is 11.2. The van der Waals surface area contributed by atoms with Gasteiger partial charge in [-0.15, -0.1) is 12.4 Å². The number of carbonyl (C=O) groups excluding carboxylic acids is 1. The van der Waals surface area contributed by atoms with Crippen molar-refractivity contribution < 1.29 is 13.6 Å². The van der Waals surface area contributed by atoms with Crippen LogP contribution in [0.15, 0.2) is 30.3 Å². The van der Waals surface area contributed by atoms with Crippen LogP contribution in [-0.2, 0) is 25.8 Å². The summed E-state index contributed by atoms with van der Waals surface area (Å²) in [5.74, 6) is -1.43. The standard InChI is InChI=1S/C25H29F2N5O.ClH/c1-5-14-8-7-9-15(6-2)22(14)32-23(17-13-29-25(3,4)12-21(17)31-32)16-10-19(27)20(11-18(16)26)30-24(28)33;/h7-11,29H,5-6,12-13H2,1-4H3,(H3,28,30,33);1H. The molecule has 0 aliphatic carbocycles. The highest BCUT2D eigenvalue weighted by Crippen LogP contribution is 2.38. The zero-order valence-corrected chi connectivity index (χ0v) is 20.6. The summed E-state index contributed by atoms with van der Waals surface area (Å²) < 4.78 is 32.1. The number of hydrogen-bond donors (Lipinski definition) is 3. The van der Waals surface area contributed by atoms with E-state index in [1.807, 2.05) is 18.2 Å². The number of nitrogens with zero attached hydrogens (tertiary/aromatic N) is 2. The van der Waals surface area contributed by atoms with Crippen molar-refractivity contribution in [1.29, 1.82) is 0 Å². The van der Waals surface area contributed by atoms with Gasteiger partial charge in [-0.25, -0.2) is 18.3 Å². The van der Waals surface area contributed by atoms with E-state index < -0.39 is 17.7 Å². The Morgan fingerprint density at radius 2 is 1.82 bits per heavy atom. The average Bonchev–Trinajstić information content (AvgIpc) is 3.11. The maximum atomic E-state index is 15.4. The number of urea groups is 1. The molecule has 2 amide bonds. The van der Waals surface area contributed by atoms with E-state index in [4.69, 9.17) is 10.8 Å². The van der Waals surface area contributed by atoms with Gasteiger partial charge < -0.3 is 16.4 Å². The lowest BCUT2D eigenvalue weighted by Gasteiger charge is -2.30. The van der Waals surface area contributed by atoms with Crippen LogP contribution < -0.4 is 16.4 Å². The summed E-state index contributed by atoms with van der Waals surface area (Å²) in [6.07, 6.45) is 2.20. The number of aromatic nitrogens is 2. The fourth-order valence-electron chi connectivity index (χ4n) is 4.51. The number of aryl methyl sites for hydroxylation is 2. The Balaban J connectivity index is 0.00000324. The van der Waals surface area contributed by atoms with Crippen molar-refractivity contribution in [3.8, 4) is 16.9 Å². The third-order valence-electron chi connectivity index (χ3n) is 6.17. The molecule has 0 saturated heterocycles. The van der Waals surface area contributed by atoms with Crippen LogP contribution in [0.4, 0.5) is 19.3 Å². The molecule has 0 fully saturated rings. The van der Waals surface area contributed by atoms with Crippen molar-refractivity contribution in [1.82, 2.24) is 15.1 Å². The van der Waals surface area contributed by atoms with Crippen LogP contribution in [0.5, 0.6) is 0 Å². The maximum absolute atomic E-state index is 15.4. The predicted molar refractivity (Wildman–Crippen MR) is 133 cm³/mol. The van der Waals surface area contributed by atoms with Crippen molar-refractivity contribution in [3.63, 3.8) is 0 Å². The van der Waals surface area contributed by atoms with Gasteiger partial charge in [-0.1, -0.05) is 32.0 Å².